The summed E-state index contributed by atoms with van der Waals surface area (Å²) in [4.78, 5) is 38.2. The third-order valence-electron chi connectivity index (χ3n) is 4.32. The lowest BCUT2D eigenvalue weighted by Crippen LogP contribution is -2.25. The molecular formula is C20H12FNO4. The van der Waals surface area contributed by atoms with Crippen LogP contribution in [0.2, 0.25) is 0 Å². The molecule has 128 valence electrons. The number of carbonyl (C=O) groups is 3. The first-order chi connectivity index (χ1) is 12.5. The molecule has 0 fully saturated rings. The maximum absolute atomic E-state index is 13.2. The van der Waals surface area contributed by atoms with Gasteiger partial charge in [-0.25, -0.2) is 4.39 Å². The molecule has 0 saturated carbocycles. The molecule has 6 heteroatoms. The topological polar surface area (TPSA) is 76.4 Å². The Morgan fingerprint density at radius 3 is 2.15 bits per heavy atom. The summed E-state index contributed by atoms with van der Waals surface area (Å²) in [5.74, 6) is -2.05. The minimum absolute atomic E-state index is 0.0260. The largest absolute Gasteiger partial charge is 0.451 e. The van der Waals surface area contributed by atoms with E-state index < -0.39 is 23.3 Å². The molecule has 1 aliphatic rings. The molecule has 5 nitrogen and oxygen atoms in total. The van der Waals surface area contributed by atoms with E-state index in [1.165, 1.54) is 43.4 Å². The minimum atomic E-state index is -0.560. The number of halogens is 1. The highest BCUT2D eigenvalue weighted by atomic mass is 19.1. The normalized spacial score (nSPS) is 12.5. The van der Waals surface area contributed by atoms with Gasteiger partial charge < -0.3 is 9.73 Å². The zero-order chi connectivity index (χ0) is 18.4. The number of hydrogen-bond acceptors (Lipinski definition) is 4. The maximum atomic E-state index is 13.2. The van der Waals surface area contributed by atoms with Gasteiger partial charge in [0.05, 0.1) is 11.1 Å². The lowest BCUT2D eigenvalue weighted by molar-refractivity contribution is 0.0944. The van der Waals surface area contributed by atoms with Crippen LogP contribution in [0.15, 0.2) is 52.9 Å². The molecule has 2 aromatic carbocycles. The average Bonchev–Trinajstić information content (AvgIpc) is 3.07. The second-order valence-electron chi connectivity index (χ2n) is 5.80. The highest BCUT2D eigenvalue weighted by molar-refractivity contribution is 6.30. The molecule has 1 aliphatic carbocycles. The molecule has 3 aromatic rings. The van der Waals surface area contributed by atoms with E-state index in [9.17, 15) is 18.8 Å². The zero-order valence-electron chi connectivity index (χ0n) is 13.6. The molecular weight excluding hydrogens is 337 g/mol. The van der Waals surface area contributed by atoms with Crippen molar-refractivity contribution in [3.8, 4) is 11.3 Å². The van der Waals surface area contributed by atoms with E-state index in [4.69, 9.17) is 4.42 Å². The lowest BCUT2D eigenvalue weighted by atomic mass is 9.86. The molecule has 4 rings (SSSR count). The monoisotopic (exact) mass is 349 g/mol. The number of hydrogen-bond donors (Lipinski definition) is 1. The molecule has 1 amide bonds. The molecule has 0 radical (unpaired) electrons. The van der Waals surface area contributed by atoms with Gasteiger partial charge >= 0.3 is 0 Å². The molecule has 0 atom stereocenters. The Morgan fingerprint density at radius 2 is 1.54 bits per heavy atom. The fourth-order valence-electron chi connectivity index (χ4n) is 3.09. The van der Waals surface area contributed by atoms with E-state index in [0.29, 0.717) is 5.56 Å². The Balaban J connectivity index is 2.02. The molecule has 0 bridgehead atoms. The summed E-state index contributed by atoms with van der Waals surface area (Å²) in [6.45, 7) is 0. The smallest absolute Gasteiger partial charge is 0.255 e. The Labute approximate surface area is 147 Å². The number of ketones is 2. The van der Waals surface area contributed by atoms with E-state index >= 15 is 0 Å². The average molecular weight is 349 g/mol. The SMILES string of the molecule is CNC(=O)c1c(-c2ccc(F)cc2)oc2c1C(=O)c1ccccc1C2=O. The van der Waals surface area contributed by atoms with Crippen LogP contribution in [0.3, 0.4) is 0 Å². The standard InChI is InChI=1S/C20H12FNO4/c1-22-20(25)15-14-16(23)12-4-2-3-5-13(12)17(24)19(14)26-18(15)10-6-8-11(21)9-7-10/h2-9H,1H3,(H,22,25). The van der Waals surface area contributed by atoms with Crippen molar-refractivity contribution in [3.63, 3.8) is 0 Å². The summed E-state index contributed by atoms with van der Waals surface area (Å²) in [6.07, 6.45) is 0. The van der Waals surface area contributed by atoms with E-state index in [1.54, 1.807) is 12.1 Å². The van der Waals surface area contributed by atoms with Gasteiger partial charge in [0.2, 0.25) is 5.78 Å². The summed E-state index contributed by atoms with van der Waals surface area (Å²) in [5.41, 5.74) is 0.757. The van der Waals surface area contributed by atoms with Crippen LogP contribution in [0.5, 0.6) is 0 Å². The van der Waals surface area contributed by atoms with Crippen molar-refractivity contribution >= 4 is 17.5 Å². The van der Waals surface area contributed by atoms with Crippen LogP contribution in [0, 0.1) is 5.82 Å². The van der Waals surface area contributed by atoms with Gasteiger partial charge in [-0.15, -0.1) is 0 Å². The molecule has 26 heavy (non-hydrogen) atoms. The second kappa shape index (κ2) is 5.77. The molecule has 1 heterocycles. The van der Waals surface area contributed by atoms with Gasteiger partial charge in [0.1, 0.15) is 11.6 Å². The van der Waals surface area contributed by atoms with Crippen molar-refractivity contribution in [1.82, 2.24) is 5.32 Å². The van der Waals surface area contributed by atoms with Crippen molar-refractivity contribution in [2.45, 2.75) is 0 Å². The van der Waals surface area contributed by atoms with Crippen molar-refractivity contribution in [3.05, 3.63) is 82.4 Å². The van der Waals surface area contributed by atoms with Gasteiger partial charge in [0.15, 0.2) is 11.5 Å². The van der Waals surface area contributed by atoms with Crippen molar-refractivity contribution in [2.24, 2.45) is 0 Å². The highest BCUT2D eigenvalue weighted by Crippen LogP contribution is 2.37. The minimum Gasteiger partial charge on any atom is -0.451 e. The van der Waals surface area contributed by atoms with Crippen LogP contribution >= 0.6 is 0 Å². The first-order valence-corrected chi connectivity index (χ1v) is 7.86. The first-order valence-electron chi connectivity index (χ1n) is 7.86. The summed E-state index contributed by atoms with van der Waals surface area (Å²) >= 11 is 0. The third kappa shape index (κ3) is 2.19. The van der Waals surface area contributed by atoms with Crippen LogP contribution in [0.25, 0.3) is 11.3 Å². The van der Waals surface area contributed by atoms with Crippen molar-refractivity contribution in [1.29, 1.82) is 0 Å². The number of furan rings is 1. The lowest BCUT2D eigenvalue weighted by Gasteiger charge is -2.13. The number of carbonyl (C=O) groups excluding carboxylic acids is 3. The summed E-state index contributed by atoms with van der Waals surface area (Å²) < 4.78 is 18.9. The summed E-state index contributed by atoms with van der Waals surface area (Å²) in [5, 5.41) is 2.46. The van der Waals surface area contributed by atoms with Gasteiger partial charge in [0, 0.05) is 23.7 Å². The number of fused-ring (bicyclic) bond motifs is 2. The van der Waals surface area contributed by atoms with E-state index in [2.05, 4.69) is 5.32 Å². The molecule has 0 spiro atoms. The Bertz CT molecular complexity index is 1080. The summed E-state index contributed by atoms with van der Waals surface area (Å²) in [6, 6.07) is 11.6. The predicted molar refractivity (Wildman–Crippen MR) is 90.8 cm³/mol. The van der Waals surface area contributed by atoms with Crippen LogP contribution in [0.4, 0.5) is 4.39 Å². The quantitative estimate of drug-likeness (QED) is 0.603. The Hall–Kier alpha value is -3.54. The third-order valence-corrected chi connectivity index (χ3v) is 4.32. The Kier molecular flexibility index (Phi) is 3.54. The Morgan fingerprint density at radius 1 is 0.923 bits per heavy atom. The molecule has 1 N–H and O–H groups in total. The highest BCUT2D eigenvalue weighted by Gasteiger charge is 2.39. The van der Waals surface area contributed by atoms with Gasteiger partial charge in [-0.3, -0.25) is 14.4 Å². The van der Waals surface area contributed by atoms with Crippen LogP contribution in [0.1, 0.15) is 42.4 Å². The number of amides is 1. The first kappa shape index (κ1) is 16.0. The van der Waals surface area contributed by atoms with Crippen LogP contribution < -0.4 is 5.32 Å². The number of benzene rings is 2. The molecule has 1 aromatic heterocycles. The van der Waals surface area contributed by atoms with Gasteiger partial charge in [0.25, 0.3) is 5.91 Å². The molecule has 0 aliphatic heterocycles. The van der Waals surface area contributed by atoms with E-state index in [0.717, 1.165) is 0 Å². The van der Waals surface area contributed by atoms with E-state index in [1.807, 2.05) is 0 Å². The maximum Gasteiger partial charge on any atom is 0.255 e. The van der Waals surface area contributed by atoms with E-state index in [-0.39, 0.29) is 33.8 Å². The zero-order valence-corrected chi connectivity index (χ0v) is 13.6. The van der Waals surface area contributed by atoms with Gasteiger partial charge in [-0.05, 0) is 24.3 Å². The molecule has 0 unspecified atom stereocenters. The van der Waals surface area contributed by atoms with Gasteiger partial charge in [-0.1, -0.05) is 24.3 Å². The second-order valence-corrected chi connectivity index (χ2v) is 5.80. The van der Waals surface area contributed by atoms with Crippen LogP contribution in [-0.4, -0.2) is 24.5 Å². The van der Waals surface area contributed by atoms with Crippen LogP contribution in [-0.2, 0) is 0 Å². The van der Waals surface area contributed by atoms with Crippen molar-refractivity contribution in [2.75, 3.05) is 7.05 Å². The van der Waals surface area contributed by atoms with Gasteiger partial charge in [-0.2, -0.15) is 0 Å². The fourth-order valence-corrected chi connectivity index (χ4v) is 3.09. The summed E-state index contributed by atoms with van der Waals surface area (Å²) in [7, 11) is 1.42. The number of rotatable bonds is 2. The predicted octanol–water partition coefficient (Wildman–Crippen LogP) is 3.22. The number of nitrogens with one attached hydrogen (secondary N) is 1. The fraction of sp³-hybridized carbons (Fsp3) is 0.0500. The molecule has 0 saturated heterocycles. The van der Waals surface area contributed by atoms with Crippen molar-refractivity contribution < 1.29 is 23.2 Å².